The molecule has 4 N–H and O–H groups in total. The molecule has 12 nitrogen and oxygen atoms in total. The van der Waals surface area contributed by atoms with Crippen molar-refractivity contribution in [2.45, 2.75) is 25.0 Å². The number of hydrogen-bond acceptors (Lipinski definition) is 8. The van der Waals surface area contributed by atoms with Gasteiger partial charge in [-0.25, -0.2) is 9.78 Å². The normalized spacial score (nSPS) is 18.6. The van der Waals surface area contributed by atoms with Gasteiger partial charge in [0.2, 0.25) is 11.8 Å². The van der Waals surface area contributed by atoms with E-state index < -0.39 is 29.3 Å². The number of methoxy groups -OCH3 is 1. The highest BCUT2D eigenvalue weighted by molar-refractivity contribution is 6.39. The van der Waals surface area contributed by atoms with E-state index in [0.29, 0.717) is 59.2 Å². The monoisotopic (exact) mass is 678 g/mol. The first-order valence-corrected chi connectivity index (χ1v) is 15.7. The first-order valence-electron chi connectivity index (χ1n) is 14.9. The number of amides is 2. The number of rotatable bonds is 8. The van der Waals surface area contributed by atoms with Gasteiger partial charge in [0.15, 0.2) is 0 Å². The molecule has 2 aromatic heterocycles. The molecule has 0 bridgehead atoms. The van der Waals surface area contributed by atoms with E-state index in [9.17, 15) is 24.3 Å². The molecular formula is C33H32Cl2N6O6. The number of aliphatic hydroxyl groups excluding tert-OH is 1. The number of carbonyl (C=O) groups excluding carboxylic acids is 2. The number of ether oxygens (including phenoxy) is 1. The van der Waals surface area contributed by atoms with Crippen LogP contribution in [-0.4, -0.2) is 57.3 Å². The maximum Gasteiger partial charge on any atom is 0.330 e. The minimum atomic E-state index is -0.733. The van der Waals surface area contributed by atoms with Crippen molar-refractivity contribution in [1.29, 1.82) is 0 Å². The van der Waals surface area contributed by atoms with Crippen LogP contribution < -0.4 is 31.9 Å². The summed E-state index contributed by atoms with van der Waals surface area (Å²) in [5.41, 5.74) is 2.61. The zero-order valence-electron chi connectivity index (χ0n) is 25.8. The van der Waals surface area contributed by atoms with Gasteiger partial charge >= 0.3 is 5.69 Å². The Balaban J connectivity index is 1.31. The van der Waals surface area contributed by atoms with Crippen molar-refractivity contribution in [2.75, 3.05) is 25.5 Å². The molecule has 3 heterocycles. The summed E-state index contributed by atoms with van der Waals surface area (Å²) in [6, 6.07) is 11.9. The summed E-state index contributed by atoms with van der Waals surface area (Å²) >= 11 is 13.8. The Labute approximate surface area is 279 Å². The number of halogens is 2. The Kier molecular flexibility index (Phi) is 8.95. The SMILES string of the molecule is COc1nc(-c2cccc(-c3cccc(NC(=O)c4cn(C)c(=O)n(C)c4=O)c3Cl)c2Cl)cc2c1[C@@H](NC[C@@H]1CNC(=O)C1)[C@H](O)C2. The van der Waals surface area contributed by atoms with Crippen LogP contribution in [0, 0.1) is 5.92 Å². The molecule has 0 spiro atoms. The molecule has 0 radical (unpaired) electrons. The minimum absolute atomic E-state index is 0.0262. The van der Waals surface area contributed by atoms with E-state index in [4.69, 9.17) is 32.9 Å². The lowest BCUT2D eigenvalue weighted by atomic mass is 9.99. The topological polar surface area (TPSA) is 157 Å². The molecule has 2 aliphatic rings. The maximum atomic E-state index is 13.1. The molecule has 0 saturated carbocycles. The Morgan fingerprint density at radius 3 is 2.47 bits per heavy atom. The number of hydrogen-bond donors (Lipinski definition) is 4. The third kappa shape index (κ3) is 6.05. The summed E-state index contributed by atoms with van der Waals surface area (Å²) in [7, 11) is 4.27. The van der Waals surface area contributed by atoms with Gasteiger partial charge in [-0.05, 0) is 23.6 Å². The number of pyridine rings is 1. The average molecular weight is 680 g/mol. The lowest BCUT2D eigenvalue weighted by Gasteiger charge is -2.21. The Morgan fingerprint density at radius 1 is 1.06 bits per heavy atom. The molecule has 3 atom stereocenters. The highest BCUT2D eigenvalue weighted by atomic mass is 35.5. The van der Waals surface area contributed by atoms with Crippen molar-refractivity contribution in [3.8, 4) is 28.3 Å². The molecule has 1 aliphatic heterocycles. The number of nitrogens with zero attached hydrogens (tertiary/aromatic N) is 3. The molecule has 244 valence electrons. The zero-order valence-corrected chi connectivity index (χ0v) is 27.3. The molecule has 47 heavy (non-hydrogen) atoms. The van der Waals surface area contributed by atoms with Gasteiger partial charge in [-0.1, -0.05) is 53.5 Å². The van der Waals surface area contributed by atoms with Gasteiger partial charge in [-0.3, -0.25) is 19.0 Å². The fraction of sp³-hybridized carbons (Fsp3) is 0.303. The number of carbonyl (C=O) groups is 2. The number of nitrogens with one attached hydrogen (secondary N) is 3. The molecular weight excluding hydrogens is 647 g/mol. The molecule has 0 unspecified atom stereocenters. The van der Waals surface area contributed by atoms with Crippen molar-refractivity contribution in [1.82, 2.24) is 24.8 Å². The smallest absolute Gasteiger partial charge is 0.330 e. The summed E-state index contributed by atoms with van der Waals surface area (Å²) in [5.74, 6) is -0.199. The van der Waals surface area contributed by atoms with Crippen LogP contribution in [0.1, 0.15) is 33.9 Å². The fourth-order valence-corrected chi connectivity index (χ4v) is 6.78. The summed E-state index contributed by atoms with van der Waals surface area (Å²) in [4.78, 5) is 54.2. The lowest BCUT2D eigenvalue weighted by molar-refractivity contribution is -0.119. The van der Waals surface area contributed by atoms with E-state index >= 15 is 0 Å². The van der Waals surface area contributed by atoms with Crippen molar-refractivity contribution < 1.29 is 19.4 Å². The first-order chi connectivity index (χ1) is 22.5. The molecule has 2 aromatic carbocycles. The number of aryl methyl sites for hydroxylation is 1. The molecule has 6 rings (SSSR count). The summed E-state index contributed by atoms with van der Waals surface area (Å²) in [5, 5.41) is 20.4. The van der Waals surface area contributed by atoms with Gasteiger partial charge in [0.05, 0.1) is 40.7 Å². The van der Waals surface area contributed by atoms with Gasteiger partial charge in [-0.15, -0.1) is 0 Å². The van der Waals surface area contributed by atoms with E-state index in [1.165, 1.54) is 27.4 Å². The van der Waals surface area contributed by atoms with Crippen LogP contribution in [0.3, 0.4) is 0 Å². The standard InChI is InChI=1S/C33H32Cl2N6O6/c1-40-15-21(32(45)41(2)33(40)46)30(44)38-22-9-5-7-19(28(22)35)18-6-4-8-20(27(18)34)23-11-17-12-24(42)29(26(17)31(39-23)47-3)37-14-16-10-25(43)36-13-16/h4-9,11,15-16,24,29,37,42H,10,12-14H2,1-3H3,(H,36,43)(H,38,44)/t16-,24+,29-/m0/s1. The van der Waals surface area contributed by atoms with Gasteiger partial charge in [0.1, 0.15) is 5.56 Å². The molecule has 4 aromatic rings. The quantitative estimate of drug-likeness (QED) is 0.222. The van der Waals surface area contributed by atoms with E-state index in [2.05, 4.69) is 16.0 Å². The largest absolute Gasteiger partial charge is 0.481 e. The van der Waals surface area contributed by atoms with E-state index in [-0.39, 0.29) is 28.1 Å². The van der Waals surface area contributed by atoms with Crippen molar-refractivity contribution in [3.63, 3.8) is 0 Å². The molecule has 2 amide bonds. The molecule has 1 fully saturated rings. The van der Waals surface area contributed by atoms with Crippen molar-refractivity contribution >= 4 is 40.7 Å². The van der Waals surface area contributed by atoms with Crippen LogP contribution in [0.15, 0.2) is 58.3 Å². The van der Waals surface area contributed by atoms with Crippen LogP contribution in [-0.2, 0) is 25.3 Å². The van der Waals surface area contributed by atoms with Crippen LogP contribution >= 0.6 is 23.2 Å². The van der Waals surface area contributed by atoms with E-state index in [1.807, 2.05) is 18.2 Å². The number of benzene rings is 2. The molecule has 1 aliphatic carbocycles. The van der Waals surface area contributed by atoms with Gasteiger partial charge < -0.3 is 30.4 Å². The van der Waals surface area contributed by atoms with Gasteiger partial charge in [-0.2, -0.15) is 0 Å². The Bertz CT molecular complexity index is 2040. The predicted octanol–water partition coefficient (Wildman–Crippen LogP) is 3.06. The fourth-order valence-electron chi connectivity index (χ4n) is 6.18. The van der Waals surface area contributed by atoms with E-state index in [1.54, 1.807) is 24.3 Å². The maximum absolute atomic E-state index is 13.1. The lowest BCUT2D eigenvalue weighted by Crippen LogP contribution is -2.40. The number of aromatic nitrogens is 3. The predicted molar refractivity (Wildman–Crippen MR) is 178 cm³/mol. The van der Waals surface area contributed by atoms with Crippen LogP contribution in [0.5, 0.6) is 5.88 Å². The zero-order chi connectivity index (χ0) is 33.6. The van der Waals surface area contributed by atoms with Gasteiger partial charge in [0.25, 0.3) is 11.5 Å². The van der Waals surface area contributed by atoms with E-state index in [0.717, 1.165) is 20.3 Å². The highest BCUT2D eigenvalue weighted by Gasteiger charge is 2.36. The van der Waals surface area contributed by atoms with Crippen LogP contribution in [0.4, 0.5) is 5.69 Å². The second-order valence-electron chi connectivity index (χ2n) is 11.7. The third-order valence-electron chi connectivity index (χ3n) is 8.62. The number of fused-ring (bicyclic) bond motifs is 1. The van der Waals surface area contributed by atoms with Crippen LogP contribution in [0.2, 0.25) is 10.0 Å². The van der Waals surface area contributed by atoms with Crippen molar-refractivity contribution in [2.24, 2.45) is 20.0 Å². The van der Waals surface area contributed by atoms with Crippen LogP contribution in [0.25, 0.3) is 22.4 Å². The third-order valence-corrected chi connectivity index (χ3v) is 9.43. The minimum Gasteiger partial charge on any atom is -0.481 e. The second-order valence-corrected chi connectivity index (χ2v) is 12.5. The Hall–Kier alpha value is -4.49. The summed E-state index contributed by atoms with van der Waals surface area (Å²) in [6.07, 6.45) is 1.30. The summed E-state index contributed by atoms with van der Waals surface area (Å²) in [6.45, 7) is 1.15. The number of aliphatic hydroxyl groups is 1. The summed E-state index contributed by atoms with van der Waals surface area (Å²) < 4.78 is 7.71. The highest BCUT2D eigenvalue weighted by Crippen LogP contribution is 2.44. The first kappa shape index (κ1) is 32.5. The molecule has 1 saturated heterocycles. The molecule has 14 heteroatoms. The van der Waals surface area contributed by atoms with Crippen molar-refractivity contribution in [3.05, 3.63) is 96.2 Å². The Morgan fingerprint density at radius 2 is 1.77 bits per heavy atom. The van der Waals surface area contributed by atoms with Gasteiger partial charge in [0, 0.05) is 68.5 Å². The average Bonchev–Trinajstić information content (AvgIpc) is 3.62. The second kappa shape index (κ2) is 13.0. The number of anilines is 1.